The molecule has 2 aliphatic heterocycles. The summed E-state index contributed by atoms with van der Waals surface area (Å²) in [7, 11) is 0. The van der Waals surface area contributed by atoms with Crippen molar-refractivity contribution in [3.05, 3.63) is 53.6 Å². The number of rotatable bonds is 6. The highest BCUT2D eigenvalue weighted by Gasteiger charge is 2.54. The lowest BCUT2D eigenvalue weighted by Crippen LogP contribution is -2.57. The van der Waals surface area contributed by atoms with Gasteiger partial charge >= 0.3 is 6.09 Å². The van der Waals surface area contributed by atoms with E-state index in [9.17, 15) is 19.5 Å². The Morgan fingerprint density at radius 3 is 2.61 bits per heavy atom. The molecule has 8 nitrogen and oxygen atoms in total. The van der Waals surface area contributed by atoms with Gasteiger partial charge in [-0.25, -0.2) is 4.79 Å². The first-order valence-electron chi connectivity index (χ1n) is 11.3. The minimum atomic E-state index is -2.11. The van der Waals surface area contributed by atoms with Crippen molar-refractivity contribution in [2.75, 3.05) is 29.6 Å². The van der Waals surface area contributed by atoms with E-state index < -0.39 is 23.5 Å². The normalized spacial score (nSPS) is 19.4. The molecule has 0 saturated carbocycles. The molecule has 0 spiro atoms. The molecule has 2 heterocycles. The van der Waals surface area contributed by atoms with Gasteiger partial charge in [-0.1, -0.05) is 31.9 Å². The number of ether oxygens (including phenoxy) is 2. The Morgan fingerprint density at radius 1 is 1.06 bits per heavy atom. The van der Waals surface area contributed by atoms with Gasteiger partial charge in [0.05, 0.1) is 35.7 Å². The van der Waals surface area contributed by atoms with Crippen molar-refractivity contribution in [1.29, 1.82) is 0 Å². The number of hydrogen-bond acceptors (Lipinski definition) is 6. The molecule has 4 rings (SSSR count). The number of ketones is 1. The summed E-state index contributed by atoms with van der Waals surface area (Å²) >= 11 is 0. The third-order valence-electron chi connectivity index (χ3n) is 6.00. The highest BCUT2D eigenvalue weighted by Crippen LogP contribution is 2.44. The van der Waals surface area contributed by atoms with E-state index in [0.717, 1.165) is 24.2 Å². The smallest absolute Gasteiger partial charge is 0.414 e. The van der Waals surface area contributed by atoms with Gasteiger partial charge in [-0.2, -0.15) is 0 Å². The SMILES string of the molecule is CCCCCOc1ccc2c(c1)C(=O)[C@]1(O)CCN(C(=O)OCC)c3ccccc3C(=O)N21. The number of nitrogens with zero attached hydrogens (tertiary/aromatic N) is 2. The van der Waals surface area contributed by atoms with Gasteiger partial charge in [-0.3, -0.25) is 19.4 Å². The van der Waals surface area contributed by atoms with Crippen LogP contribution in [0.3, 0.4) is 0 Å². The third kappa shape index (κ3) is 3.95. The first-order valence-corrected chi connectivity index (χ1v) is 11.3. The highest BCUT2D eigenvalue weighted by atomic mass is 16.6. The molecule has 2 amide bonds. The third-order valence-corrected chi connectivity index (χ3v) is 6.00. The van der Waals surface area contributed by atoms with E-state index in [-0.39, 0.29) is 30.7 Å². The van der Waals surface area contributed by atoms with Crippen molar-refractivity contribution in [2.24, 2.45) is 0 Å². The lowest BCUT2D eigenvalue weighted by atomic mass is 9.99. The van der Waals surface area contributed by atoms with E-state index in [0.29, 0.717) is 23.7 Å². The summed E-state index contributed by atoms with van der Waals surface area (Å²) in [6.07, 6.45) is 2.21. The van der Waals surface area contributed by atoms with Crippen LogP contribution in [0.15, 0.2) is 42.5 Å². The van der Waals surface area contributed by atoms with Crippen molar-refractivity contribution in [3.63, 3.8) is 0 Å². The average Bonchev–Trinajstić information content (AvgIpc) is 3.02. The second-order valence-corrected chi connectivity index (χ2v) is 8.14. The molecular weight excluding hydrogens is 424 g/mol. The first-order chi connectivity index (χ1) is 15.9. The number of amides is 2. The standard InChI is InChI=1S/C25H28N2O6/c1-3-5-8-15-33-17-11-12-21-19(16-17)22(28)25(31)13-14-26(24(30)32-4-2)20-10-7-6-9-18(20)23(29)27(21)25/h6-7,9-12,16,31H,3-5,8,13-15H2,1-2H3/t25-/m1/s1. The van der Waals surface area contributed by atoms with Gasteiger partial charge in [0.2, 0.25) is 11.5 Å². The molecule has 0 unspecified atom stereocenters. The number of fused-ring (bicyclic) bond motifs is 4. The topological polar surface area (TPSA) is 96.4 Å². The minimum Gasteiger partial charge on any atom is -0.494 e. The van der Waals surface area contributed by atoms with E-state index in [1.807, 2.05) is 0 Å². The summed E-state index contributed by atoms with van der Waals surface area (Å²) in [5.74, 6) is -0.642. The molecule has 1 N–H and O–H groups in total. The Kier molecular flexibility index (Phi) is 6.37. The van der Waals surface area contributed by atoms with E-state index in [1.54, 1.807) is 49.4 Å². The average molecular weight is 453 g/mol. The second-order valence-electron chi connectivity index (χ2n) is 8.14. The molecule has 2 aliphatic rings. The highest BCUT2D eigenvalue weighted by molar-refractivity contribution is 6.24. The minimum absolute atomic E-state index is 0.00374. The zero-order valence-corrected chi connectivity index (χ0v) is 18.9. The Labute approximate surface area is 192 Å². The fourth-order valence-corrected chi connectivity index (χ4v) is 4.33. The fourth-order valence-electron chi connectivity index (χ4n) is 4.33. The molecular formula is C25H28N2O6. The maximum atomic E-state index is 13.6. The Morgan fingerprint density at radius 2 is 1.85 bits per heavy atom. The van der Waals surface area contributed by atoms with Crippen LogP contribution in [0.25, 0.3) is 0 Å². The van der Waals surface area contributed by atoms with Gasteiger partial charge < -0.3 is 14.6 Å². The maximum Gasteiger partial charge on any atom is 0.414 e. The number of hydrogen-bond donors (Lipinski definition) is 1. The fraction of sp³-hybridized carbons (Fsp3) is 0.400. The molecule has 2 aromatic carbocycles. The number of anilines is 2. The van der Waals surface area contributed by atoms with Gasteiger partial charge in [-0.15, -0.1) is 0 Å². The predicted molar refractivity (Wildman–Crippen MR) is 123 cm³/mol. The summed E-state index contributed by atoms with van der Waals surface area (Å²) < 4.78 is 10.9. The molecule has 0 fully saturated rings. The van der Waals surface area contributed by atoms with Crippen molar-refractivity contribution in [1.82, 2.24) is 0 Å². The molecule has 33 heavy (non-hydrogen) atoms. The first kappa shape index (κ1) is 22.8. The molecule has 2 aromatic rings. The molecule has 0 radical (unpaired) electrons. The van der Waals surface area contributed by atoms with E-state index in [4.69, 9.17) is 9.47 Å². The summed E-state index contributed by atoms with van der Waals surface area (Å²) in [4.78, 5) is 42.1. The van der Waals surface area contributed by atoms with Crippen LogP contribution in [-0.4, -0.2) is 48.4 Å². The van der Waals surface area contributed by atoms with Crippen molar-refractivity contribution in [3.8, 4) is 5.75 Å². The molecule has 0 bridgehead atoms. The zero-order chi connectivity index (χ0) is 23.6. The van der Waals surface area contributed by atoms with Crippen LogP contribution in [0.4, 0.5) is 16.2 Å². The number of Topliss-reactive ketones (excluding diaryl/α,β-unsaturated/α-hetero) is 1. The molecule has 8 heteroatoms. The lowest BCUT2D eigenvalue weighted by Gasteiger charge is -2.37. The van der Waals surface area contributed by atoms with Crippen LogP contribution in [0.5, 0.6) is 5.75 Å². The van der Waals surface area contributed by atoms with Crippen LogP contribution in [0.2, 0.25) is 0 Å². The van der Waals surface area contributed by atoms with Gasteiger partial charge in [0.15, 0.2) is 0 Å². The number of para-hydroxylation sites is 1. The summed E-state index contributed by atoms with van der Waals surface area (Å²) in [5.41, 5.74) is -0.990. The lowest BCUT2D eigenvalue weighted by molar-refractivity contribution is 0.0290. The Hall–Kier alpha value is -3.39. The van der Waals surface area contributed by atoms with Crippen molar-refractivity contribution in [2.45, 2.75) is 45.3 Å². The van der Waals surface area contributed by atoms with Gasteiger partial charge in [0, 0.05) is 13.0 Å². The van der Waals surface area contributed by atoms with Gasteiger partial charge in [-0.05, 0) is 43.7 Å². The number of aliphatic hydroxyl groups is 1. The maximum absolute atomic E-state index is 13.6. The number of unbranched alkanes of at least 4 members (excludes halogenated alkanes) is 2. The molecule has 1 atom stereocenters. The summed E-state index contributed by atoms with van der Waals surface area (Å²) in [6, 6.07) is 11.5. The van der Waals surface area contributed by atoms with E-state index in [1.165, 1.54) is 4.90 Å². The van der Waals surface area contributed by atoms with Crippen molar-refractivity contribution >= 4 is 29.2 Å². The Balaban J connectivity index is 1.73. The van der Waals surface area contributed by atoms with E-state index in [2.05, 4.69) is 6.92 Å². The van der Waals surface area contributed by atoms with Crippen LogP contribution in [0.1, 0.15) is 60.2 Å². The predicted octanol–water partition coefficient (Wildman–Crippen LogP) is 4.15. The van der Waals surface area contributed by atoms with Crippen molar-refractivity contribution < 1.29 is 29.0 Å². The summed E-state index contributed by atoms with van der Waals surface area (Å²) in [5, 5.41) is 11.5. The van der Waals surface area contributed by atoms with E-state index >= 15 is 0 Å². The molecule has 0 aliphatic carbocycles. The van der Waals surface area contributed by atoms with Crippen LogP contribution in [0, 0.1) is 0 Å². The van der Waals surface area contributed by atoms with Crippen LogP contribution < -0.4 is 14.5 Å². The second kappa shape index (κ2) is 9.23. The Bertz CT molecular complexity index is 1080. The van der Waals surface area contributed by atoms with Gasteiger partial charge in [0.1, 0.15) is 5.75 Å². The molecule has 174 valence electrons. The zero-order valence-electron chi connectivity index (χ0n) is 18.9. The quantitative estimate of drug-likeness (QED) is 0.662. The van der Waals surface area contributed by atoms with Gasteiger partial charge in [0.25, 0.3) is 5.91 Å². The number of carbonyl (C=O) groups is 3. The largest absolute Gasteiger partial charge is 0.494 e. The van der Waals surface area contributed by atoms with Crippen LogP contribution in [-0.2, 0) is 4.74 Å². The molecule has 0 saturated heterocycles. The summed E-state index contributed by atoms with van der Waals surface area (Å²) in [6.45, 7) is 4.47. The monoisotopic (exact) mass is 452 g/mol. The molecule has 0 aromatic heterocycles. The van der Waals surface area contributed by atoms with Crippen LogP contribution >= 0.6 is 0 Å². The number of carbonyl (C=O) groups excluding carboxylic acids is 3. The number of benzene rings is 2.